The molecular weight excluding hydrogens is 331 g/mol. The highest BCUT2D eigenvalue weighted by Gasteiger charge is 2.22. The number of carbonyl (C=O) groups excluding carboxylic acids is 2. The molecule has 0 atom stereocenters. The van der Waals surface area contributed by atoms with E-state index in [4.69, 9.17) is 4.74 Å². The van der Waals surface area contributed by atoms with Crippen LogP contribution >= 0.6 is 22.6 Å². The fourth-order valence-electron chi connectivity index (χ4n) is 1.05. The molecule has 0 spiro atoms. The molecule has 0 fully saturated rings. The lowest BCUT2D eigenvalue weighted by atomic mass is 9.91. The lowest BCUT2D eigenvalue weighted by Crippen LogP contribution is -2.26. The van der Waals surface area contributed by atoms with Crippen molar-refractivity contribution < 1.29 is 14.3 Å². The molecule has 0 heterocycles. The normalized spacial score (nSPS) is 11.1. The second kappa shape index (κ2) is 5.62. The second-order valence-electron chi connectivity index (χ2n) is 4.76. The number of ether oxygens (including phenoxy) is 1. The van der Waals surface area contributed by atoms with Gasteiger partial charge in [-0.05, 0) is 40.8 Å². The Bertz CT molecular complexity index is 433. The van der Waals surface area contributed by atoms with Gasteiger partial charge in [0.05, 0.1) is 5.56 Å². The SMILES string of the molecule is CC(C)(C)C(=O)COC(=O)c1cccc(I)c1. The molecule has 0 N–H and O–H groups in total. The molecule has 1 aromatic carbocycles. The van der Waals surface area contributed by atoms with Crippen molar-refractivity contribution in [2.75, 3.05) is 6.61 Å². The summed E-state index contributed by atoms with van der Waals surface area (Å²) in [5.74, 6) is -0.544. The molecule has 0 aromatic heterocycles. The zero-order valence-corrected chi connectivity index (χ0v) is 12.3. The van der Waals surface area contributed by atoms with E-state index in [1.807, 2.05) is 6.07 Å². The van der Waals surface area contributed by atoms with Crippen LogP contribution < -0.4 is 0 Å². The summed E-state index contributed by atoms with van der Waals surface area (Å²) in [6.45, 7) is 5.23. The van der Waals surface area contributed by atoms with Crippen LogP contribution in [0.1, 0.15) is 31.1 Å². The molecule has 0 saturated heterocycles. The number of Topliss-reactive ketones (excluding diaryl/α,β-unsaturated/α-hetero) is 1. The van der Waals surface area contributed by atoms with Gasteiger partial charge in [-0.2, -0.15) is 0 Å². The second-order valence-corrected chi connectivity index (χ2v) is 6.01. The van der Waals surface area contributed by atoms with Gasteiger partial charge in [-0.25, -0.2) is 4.79 Å². The quantitative estimate of drug-likeness (QED) is 0.624. The largest absolute Gasteiger partial charge is 0.454 e. The van der Waals surface area contributed by atoms with Gasteiger partial charge in [-0.3, -0.25) is 4.79 Å². The smallest absolute Gasteiger partial charge is 0.338 e. The third kappa shape index (κ3) is 4.46. The molecule has 0 amide bonds. The molecule has 1 rings (SSSR count). The summed E-state index contributed by atoms with van der Waals surface area (Å²) in [5.41, 5.74) is -0.00983. The topological polar surface area (TPSA) is 43.4 Å². The van der Waals surface area contributed by atoms with Gasteiger partial charge >= 0.3 is 5.97 Å². The molecule has 0 aliphatic heterocycles. The monoisotopic (exact) mass is 346 g/mol. The summed E-state index contributed by atoms with van der Waals surface area (Å²) in [7, 11) is 0. The minimum Gasteiger partial charge on any atom is -0.454 e. The summed E-state index contributed by atoms with van der Waals surface area (Å²) in [6, 6.07) is 7.07. The van der Waals surface area contributed by atoms with Crippen molar-refractivity contribution in [3.05, 3.63) is 33.4 Å². The van der Waals surface area contributed by atoms with E-state index >= 15 is 0 Å². The molecule has 1 aromatic rings. The van der Waals surface area contributed by atoms with Gasteiger partial charge in [-0.1, -0.05) is 26.8 Å². The van der Waals surface area contributed by atoms with Crippen molar-refractivity contribution in [1.82, 2.24) is 0 Å². The Balaban J connectivity index is 2.60. The number of rotatable bonds is 3. The first-order chi connectivity index (χ1) is 7.80. The Morgan fingerprint density at radius 2 is 1.94 bits per heavy atom. The van der Waals surface area contributed by atoms with Crippen molar-refractivity contribution in [3.63, 3.8) is 0 Å². The highest BCUT2D eigenvalue weighted by molar-refractivity contribution is 14.1. The van der Waals surface area contributed by atoms with Crippen molar-refractivity contribution in [2.45, 2.75) is 20.8 Å². The molecule has 0 aliphatic carbocycles. The Hall–Kier alpha value is -0.910. The Morgan fingerprint density at radius 3 is 2.47 bits per heavy atom. The molecule has 4 heteroatoms. The number of benzene rings is 1. The maximum absolute atomic E-state index is 11.7. The average Bonchev–Trinajstić information content (AvgIpc) is 2.24. The van der Waals surface area contributed by atoms with E-state index in [0.29, 0.717) is 5.56 Å². The van der Waals surface area contributed by atoms with Gasteiger partial charge in [0, 0.05) is 8.99 Å². The van der Waals surface area contributed by atoms with Crippen LogP contribution in [0.25, 0.3) is 0 Å². The Morgan fingerprint density at radius 1 is 1.29 bits per heavy atom. The van der Waals surface area contributed by atoms with Crippen LogP contribution in [0, 0.1) is 8.99 Å². The van der Waals surface area contributed by atoms with E-state index < -0.39 is 11.4 Å². The van der Waals surface area contributed by atoms with Gasteiger partial charge < -0.3 is 4.74 Å². The standard InChI is InChI=1S/C13H15IO3/c1-13(2,3)11(15)8-17-12(16)9-5-4-6-10(14)7-9/h4-7H,8H2,1-3H3. The van der Waals surface area contributed by atoms with Crippen LogP contribution in [0.5, 0.6) is 0 Å². The van der Waals surface area contributed by atoms with E-state index in [2.05, 4.69) is 22.6 Å². The van der Waals surface area contributed by atoms with Crippen LogP contribution in [0.4, 0.5) is 0 Å². The van der Waals surface area contributed by atoms with Crippen LogP contribution in [-0.2, 0) is 9.53 Å². The summed E-state index contributed by atoms with van der Waals surface area (Å²) < 4.78 is 5.94. The van der Waals surface area contributed by atoms with E-state index in [-0.39, 0.29) is 12.4 Å². The zero-order chi connectivity index (χ0) is 13.1. The summed E-state index contributed by atoms with van der Waals surface area (Å²) >= 11 is 2.12. The molecule has 3 nitrogen and oxygen atoms in total. The van der Waals surface area contributed by atoms with Gasteiger partial charge in [0.25, 0.3) is 0 Å². The zero-order valence-electron chi connectivity index (χ0n) is 10.1. The summed E-state index contributed by atoms with van der Waals surface area (Å²) in [5, 5.41) is 0. The Kier molecular flexibility index (Phi) is 4.68. The molecule has 0 unspecified atom stereocenters. The number of carbonyl (C=O) groups is 2. The molecule has 0 radical (unpaired) electrons. The van der Waals surface area contributed by atoms with E-state index in [1.165, 1.54) is 0 Å². The maximum atomic E-state index is 11.7. The average molecular weight is 346 g/mol. The number of hydrogen-bond donors (Lipinski definition) is 0. The Labute approximate surface area is 115 Å². The first-order valence-electron chi connectivity index (χ1n) is 5.26. The van der Waals surface area contributed by atoms with E-state index in [9.17, 15) is 9.59 Å². The molecular formula is C13H15IO3. The highest BCUT2D eigenvalue weighted by atomic mass is 127. The van der Waals surface area contributed by atoms with Gasteiger partial charge in [0.1, 0.15) is 0 Å². The molecule has 0 saturated carbocycles. The number of hydrogen-bond acceptors (Lipinski definition) is 3. The third-order valence-electron chi connectivity index (χ3n) is 2.23. The van der Waals surface area contributed by atoms with Crippen molar-refractivity contribution in [1.29, 1.82) is 0 Å². The summed E-state index contributed by atoms with van der Waals surface area (Å²) in [4.78, 5) is 23.2. The molecule has 17 heavy (non-hydrogen) atoms. The number of esters is 1. The predicted octanol–water partition coefficient (Wildman–Crippen LogP) is 3.06. The molecule has 0 bridgehead atoms. The first-order valence-corrected chi connectivity index (χ1v) is 6.34. The van der Waals surface area contributed by atoms with Gasteiger partial charge in [0.15, 0.2) is 12.4 Å². The van der Waals surface area contributed by atoms with E-state index in [1.54, 1.807) is 39.0 Å². The number of halogens is 1. The van der Waals surface area contributed by atoms with Gasteiger partial charge in [-0.15, -0.1) is 0 Å². The fourth-order valence-corrected chi connectivity index (χ4v) is 1.59. The van der Waals surface area contributed by atoms with Crippen LogP contribution in [0.2, 0.25) is 0 Å². The minimum atomic E-state index is -0.481. The van der Waals surface area contributed by atoms with Crippen LogP contribution in [-0.4, -0.2) is 18.4 Å². The van der Waals surface area contributed by atoms with Gasteiger partial charge in [0.2, 0.25) is 0 Å². The lowest BCUT2D eigenvalue weighted by molar-refractivity contribution is -0.129. The summed E-state index contributed by atoms with van der Waals surface area (Å²) in [6.07, 6.45) is 0. The predicted molar refractivity (Wildman–Crippen MR) is 73.9 cm³/mol. The highest BCUT2D eigenvalue weighted by Crippen LogP contribution is 2.15. The molecule has 92 valence electrons. The number of ketones is 1. The minimum absolute atomic E-state index is 0.0866. The van der Waals surface area contributed by atoms with Crippen LogP contribution in [0.15, 0.2) is 24.3 Å². The van der Waals surface area contributed by atoms with Crippen molar-refractivity contribution in [3.8, 4) is 0 Å². The first kappa shape index (κ1) is 14.2. The lowest BCUT2D eigenvalue weighted by Gasteiger charge is -2.16. The molecule has 0 aliphatic rings. The fraction of sp³-hybridized carbons (Fsp3) is 0.385. The van der Waals surface area contributed by atoms with Crippen molar-refractivity contribution in [2.24, 2.45) is 5.41 Å². The maximum Gasteiger partial charge on any atom is 0.338 e. The van der Waals surface area contributed by atoms with Crippen LogP contribution in [0.3, 0.4) is 0 Å². The van der Waals surface area contributed by atoms with E-state index in [0.717, 1.165) is 3.57 Å². The van der Waals surface area contributed by atoms with Crippen molar-refractivity contribution >= 4 is 34.3 Å². The third-order valence-corrected chi connectivity index (χ3v) is 2.90.